The molecular formula is C23H38N2OS. The molecule has 1 saturated heterocycles. The van der Waals surface area contributed by atoms with Gasteiger partial charge in [-0.05, 0) is 36.2 Å². The summed E-state index contributed by atoms with van der Waals surface area (Å²) in [5.41, 5.74) is 1.83. The molecule has 2 aliphatic rings. The van der Waals surface area contributed by atoms with Crippen molar-refractivity contribution < 1.29 is 4.74 Å². The van der Waals surface area contributed by atoms with Gasteiger partial charge in [-0.25, -0.2) is 0 Å². The second-order valence-electron chi connectivity index (χ2n) is 9.58. The number of piperazine rings is 1. The molecule has 3 atom stereocenters. The van der Waals surface area contributed by atoms with E-state index >= 15 is 0 Å². The summed E-state index contributed by atoms with van der Waals surface area (Å²) >= 11 is 4.83. The van der Waals surface area contributed by atoms with Gasteiger partial charge in [0, 0.05) is 44.5 Å². The van der Waals surface area contributed by atoms with Gasteiger partial charge in [-0.15, -0.1) is 0 Å². The predicted molar refractivity (Wildman–Crippen MR) is 117 cm³/mol. The lowest BCUT2D eigenvalue weighted by Crippen LogP contribution is -2.48. The van der Waals surface area contributed by atoms with Gasteiger partial charge >= 0.3 is 0 Å². The topological polar surface area (TPSA) is 15.7 Å². The summed E-state index contributed by atoms with van der Waals surface area (Å²) in [5, 5.41) is 0.311. The second kappa shape index (κ2) is 9.78. The normalized spacial score (nSPS) is 28.1. The standard InChI is InChI=1S/C23H38N2OS/c1-19-13-21(15-23(2,3)14-19)26-18-22(27)17-25-11-9-24(10-12-25)16-20-7-5-4-6-8-20/h4-8,19,21-22,27H,9-18H2,1-3H3/t19-,21-,22+/m0/s1. The summed E-state index contributed by atoms with van der Waals surface area (Å²) in [6, 6.07) is 10.8. The Labute approximate surface area is 171 Å². The van der Waals surface area contributed by atoms with Crippen molar-refractivity contribution in [1.82, 2.24) is 9.80 Å². The van der Waals surface area contributed by atoms with E-state index in [4.69, 9.17) is 17.4 Å². The van der Waals surface area contributed by atoms with E-state index in [1.165, 1.54) is 24.8 Å². The van der Waals surface area contributed by atoms with Crippen LogP contribution in [0.2, 0.25) is 0 Å². The first-order valence-corrected chi connectivity index (χ1v) is 11.2. The van der Waals surface area contributed by atoms with E-state index in [0.717, 1.165) is 51.8 Å². The van der Waals surface area contributed by atoms with E-state index in [2.05, 4.69) is 60.9 Å². The highest BCUT2D eigenvalue weighted by molar-refractivity contribution is 7.81. The molecule has 2 fully saturated rings. The van der Waals surface area contributed by atoms with E-state index in [9.17, 15) is 0 Å². The Morgan fingerprint density at radius 3 is 2.41 bits per heavy atom. The van der Waals surface area contributed by atoms with Crippen LogP contribution in [-0.2, 0) is 11.3 Å². The Hall–Kier alpha value is -0.550. The van der Waals surface area contributed by atoms with Crippen molar-refractivity contribution in [3.8, 4) is 0 Å². The molecule has 0 spiro atoms. The molecule has 1 aliphatic carbocycles. The van der Waals surface area contributed by atoms with E-state index in [1.807, 2.05) is 0 Å². The SMILES string of the molecule is C[C@H]1C[C@H](OC[C@H](S)CN2CCN(Cc3ccccc3)CC2)CC(C)(C)C1. The van der Waals surface area contributed by atoms with Gasteiger partial charge in [0.05, 0.1) is 12.7 Å². The van der Waals surface area contributed by atoms with Crippen molar-refractivity contribution in [2.75, 3.05) is 39.3 Å². The summed E-state index contributed by atoms with van der Waals surface area (Å²) in [6.07, 6.45) is 4.14. The van der Waals surface area contributed by atoms with E-state index in [1.54, 1.807) is 0 Å². The molecule has 0 radical (unpaired) electrons. The Balaban J connectivity index is 1.34. The molecular weight excluding hydrogens is 352 g/mol. The van der Waals surface area contributed by atoms with Crippen LogP contribution in [0, 0.1) is 11.3 Å². The minimum atomic E-state index is 0.311. The summed E-state index contributed by atoms with van der Waals surface area (Å²) in [4.78, 5) is 5.11. The predicted octanol–water partition coefficient (Wildman–Crippen LogP) is 4.33. The van der Waals surface area contributed by atoms with Gasteiger partial charge in [-0.2, -0.15) is 12.6 Å². The summed E-state index contributed by atoms with van der Waals surface area (Å²) < 4.78 is 6.28. The van der Waals surface area contributed by atoms with Gasteiger partial charge in [-0.3, -0.25) is 9.80 Å². The molecule has 0 aromatic heterocycles. The largest absolute Gasteiger partial charge is 0.377 e. The van der Waals surface area contributed by atoms with Gasteiger partial charge in [0.15, 0.2) is 0 Å². The van der Waals surface area contributed by atoms with Crippen LogP contribution >= 0.6 is 12.6 Å². The third-order valence-electron chi connectivity index (χ3n) is 6.05. The fourth-order valence-electron chi connectivity index (χ4n) is 4.95. The van der Waals surface area contributed by atoms with Crippen molar-refractivity contribution in [2.45, 2.75) is 57.9 Å². The number of hydrogen-bond donors (Lipinski definition) is 1. The maximum absolute atomic E-state index is 6.28. The lowest BCUT2D eigenvalue weighted by molar-refractivity contribution is -0.0244. The first kappa shape index (κ1) is 21.2. The van der Waals surface area contributed by atoms with Crippen molar-refractivity contribution in [2.24, 2.45) is 11.3 Å². The highest BCUT2D eigenvalue weighted by Gasteiger charge is 2.32. The molecule has 0 N–H and O–H groups in total. The number of rotatable bonds is 7. The summed E-state index contributed by atoms with van der Waals surface area (Å²) in [7, 11) is 0. The van der Waals surface area contributed by atoms with Gasteiger partial charge in [-0.1, -0.05) is 51.1 Å². The molecule has 3 nitrogen and oxygen atoms in total. The fraction of sp³-hybridized carbons (Fsp3) is 0.739. The molecule has 1 aromatic rings. The number of benzene rings is 1. The van der Waals surface area contributed by atoms with Crippen LogP contribution in [-0.4, -0.2) is 60.5 Å². The minimum Gasteiger partial charge on any atom is -0.377 e. The lowest BCUT2D eigenvalue weighted by atomic mass is 9.71. The highest BCUT2D eigenvalue weighted by atomic mass is 32.1. The zero-order valence-electron chi connectivity index (χ0n) is 17.4. The zero-order chi connectivity index (χ0) is 19.3. The fourth-order valence-corrected chi connectivity index (χ4v) is 5.27. The Kier molecular flexibility index (Phi) is 7.66. The average Bonchev–Trinajstić information content (AvgIpc) is 2.61. The van der Waals surface area contributed by atoms with Crippen LogP contribution < -0.4 is 0 Å². The number of nitrogens with zero attached hydrogens (tertiary/aromatic N) is 2. The van der Waals surface area contributed by atoms with Crippen LogP contribution in [0.4, 0.5) is 0 Å². The molecule has 1 heterocycles. The monoisotopic (exact) mass is 390 g/mol. The molecule has 3 rings (SSSR count). The molecule has 27 heavy (non-hydrogen) atoms. The van der Waals surface area contributed by atoms with Gasteiger partial charge < -0.3 is 4.74 Å². The third-order valence-corrected chi connectivity index (χ3v) is 6.37. The summed E-state index contributed by atoms with van der Waals surface area (Å²) in [5.74, 6) is 0.773. The lowest BCUT2D eigenvalue weighted by Gasteiger charge is -2.39. The van der Waals surface area contributed by atoms with Crippen molar-refractivity contribution in [3.63, 3.8) is 0 Å². The van der Waals surface area contributed by atoms with Crippen LogP contribution in [0.15, 0.2) is 30.3 Å². The Bertz CT molecular complexity index is 557. The van der Waals surface area contributed by atoms with E-state index in [-0.39, 0.29) is 0 Å². The van der Waals surface area contributed by atoms with Crippen LogP contribution in [0.1, 0.15) is 45.6 Å². The first-order valence-electron chi connectivity index (χ1n) is 10.7. The van der Waals surface area contributed by atoms with Crippen LogP contribution in [0.3, 0.4) is 0 Å². The van der Waals surface area contributed by atoms with Crippen molar-refractivity contribution in [1.29, 1.82) is 0 Å². The molecule has 1 saturated carbocycles. The molecule has 4 heteroatoms. The number of ether oxygens (including phenoxy) is 1. The zero-order valence-corrected chi connectivity index (χ0v) is 18.3. The molecule has 152 valence electrons. The highest BCUT2D eigenvalue weighted by Crippen LogP contribution is 2.39. The van der Waals surface area contributed by atoms with Gasteiger partial charge in [0.25, 0.3) is 0 Å². The van der Waals surface area contributed by atoms with Crippen molar-refractivity contribution >= 4 is 12.6 Å². The van der Waals surface area contributed by atoms with E-state index in [0.29, 0.717) is 16.8 Å². The summed E-state index contributed by atoms with van der Waals surface area (Å²) in [6.45, 7) is 14.6. The minimum absolute atomic E-state index is 0.311. The Morgan fingerprint density at radius 2 is 1.74 bits per heavy atom. The maximum Gasteiger partial charge on any atom is 0.0598 e. The Morgan fingerprint density at radius 1 is 1.07 bits per heavy atom. The van der Waals surface area contributed by atoms with Gasteiger partial charge in [0.1, 0.15) is 0 Å². The average molecular weight is 391 g/mol. The first-order chi connectivity index (χ1) is 12.9. The van der Waals surface area contributed by atoms with Crippen LogP contribution in [0.25, 0.3) is 0 Å². The van der Waals surface area contributed by atoms with Gasteiger partial charge in [0.2, 0.25) is 0 Å². The smallest absolute Gasteiger partial charge is 0.0598 e. The number of hydrogen-bond acceptors (Lipinski definition) is 4. The van der Waals surface area contributed by atoms with Crippen molar-refractivity contribution in [3.05, 3.63) is 35.9 Å². The molecule has 0 unspecified atom stereocenters. The molecule has 1 aliphatic heterocycles. The quantitative estimate of drug-likeness (QED) is 0.698. The second-order valence-corrected chi connectivity index (χ2v) is 10.3. The molecule has 0 amide bonds. The number of thiol groups is 1. The van der Waals surface area contributed by atoms with Crippen LogP contribution in [0.5, 0.6) is 0 Å². The molecule has 1 aromatic carbocycles. The third kappa shape index (κ3) is 7.08. The van der Waals surface area contributed by atoms with E-state index < -0.39 is 0 Å². The molecule has 0 bridgehead atoms. The maximum atomic E-state index is 6.28.